The zero-order valence-electron chi connectivity index (χ0n) is 9.03. The van der Waals surface area contributed by atoms with Crippen LogP contribution in [0.25, 0.3) is 0 Å². The normalized spacial score (nSPS) is 22.0. The van der Waals surface area contributed by atoms with Gasteiger partial charge in [-0.15, -0.1) is 0 Å². The standard InChI is InChI=1S/C10H17N3O2/c1-12-10(14)3-2-4-13-5-6-15-9(7-11)8-13/h9H,2-6,8H2,1H3,(H,12,14). The molecule has 0 saturated carbocycles. The molecule has 1 aliphatic rings. The Morgan fingerprint density at radius 3 is 3.20 bits per heavy atom. The van der Waals surface area contributed by atoms with E-state index in [-0.39, 0.29) is 12.0 Å². The Labute approximate surface area is 90.0 Å². The van der Waals surface area contributed by atoms with Gasteiger partial charge in [-0.05, 0) is 13.0 Å². The summed E-state index contributed by atoms with van der Waals surface area (Å²) in [7, 11) is 1.64. The summed E-state index contributed by atoms with van der Waals surface area (Å²) in [6.45, 7) is 2.98. The van der Waals surface area contributed by atoms with Gasteiger partial charge in [0.1, 0.15) is 0 Å². The maximum Gasteiger partial charge on any atom is 0.219 e. The maximum absolute atomic E-state index is 11.0. The molecule has 5 heteroatoms. The minimum absolute atomic E-state index is 0.0695. The number of hydrogen-bond acceptors (Lipinski definition) is 4. The molecule has 0 aromatic rings. The number of carbonyl (C=O) groups excluding carboxylic acids is 1. The Balaban J connectivity index is 2.16. The van der Waals surface area contributed by atoms with E-state index in [9.17, 15) is 4.79 Å². The van der Waals surface area contributed by atoms with Crippen LogP contribution in [0.15, 0.2) is 0 Å². The largest absolute Gasteiger partial charge is 0.361 e. The second-order valence-corrected chi connectivity index (χ2v) is 3.57. The topological polar surface area (TPSA) is 65.4 Å². The van der Waals surface area contributed by atoms with Gasteiger partial charge in [-0.25, -0.2) is 0 Å². The summed E-state index contributed by atoms with van der Waals surface area (Å²) in [6, 6.07) is 2.10. The van der Waals surface area contributed by atoms with Gasteiger partial charge in [0, 0.05) is 26.6 Å². The van der Waals surface area contributed by atoms with Crippen molar-refractivity contribution in [3.05, 3.63) is 0 Å². The molecule has 0 spiro atoms. The average Bonchev–Trinajstić information content (AvgIpc) is 2.29. The molecule has 0 aliphatic carbocycles. The van der Waals surface area contributed by atoms with Crippen LogP contribution in [-0.4, -0.2) is 50.2 Å². The lowest BCUT2D eigenvalue weighted by Gasteiger charge is -2.29. The van der Waals surface area contributed by atoms with E-state index in [4.69, 9.17) is 10.00 Å². The van der Waals surface area contributed by atoms with E-state index in [2.05, 4.69) is 16.3 Å². The van der Waals surface area contributed by atoms with Crippen molar-refractivity contribution in [3.63, 3.8) is 0 Å². The van der Waals surface area contributed by atoms with Crippen molar-refractivity contribution >= 4 is 5.91 Å². The third-order valence-corrected chi connectivity index (χ3v) is 2.45. The Kier molecular flexibility index (Phi) is 5.08. The van der Waals surface area contributed by atoms with Crippen LogP contribution in [0.3, 0.4) is 0 Å². The molecule has 0 aromatic heterocycles. The second-order valence-electron chi connectivity index (χ2n) is 3.57. The summed E-state index contributed by atoms with van der Waals surface area (Å²) in [4.78, 5) is 13.1. The summed E-state index contributed by atoms with van der Waals surface area (Å²) in [6.07, 6.45) is 1.07. The minimum Gasteiger partial charge on any atom is -0.361 e. The number of nitriles is 1. The van der Waals surface area contributed by atoms with Gasteiger partial charge in [0.05, 0.1) is 12.7 Å². The zero-order valence-corrected chi connectivity index (χ0v) is 9.03. The maximum atomic E-state index is 11.0. The fourth-order valence-electron chi connectivity index (χ4n) is 1.57. The zero-order chi connectivity index (χ0) is 11.1. The predicted molar refractivity (Wildman–Crippen MR) is 55.1 cm³/mol. The van der Waals surface area contributed by atoms with Gasteiger partial charge in [0.15, 0.2) is 6.10 Å². The molecule has 1 fully saturated rings. The van der Waals surface area contributed by atoms with Crippen molar-refractivity contribution in [1.82, 2.24) is 10.2 Å². The van der Waals surface area contributed by atoms with Crippen LogP contribution < -0.4 is 5.32 Å². The highest BCUT2D eigenvalue weighted by Crippen LogP contribution is 2.05. The van der Waals surface area contributed by atoms with E-state index in [0.29, 0.717) is 19.6 Å². The van der Waals surface area contributed by atoms with Crippen molar-refractivity contribution in [2.75, 3.05) is 33.3 Å². The number of carbonyl (C=O) groups is 1. The molecule has 1 rings (SSSR count). The van der Waals surface area contributed by atoms with E-state index < -0.39 is 0 Å². The lowest BCUT2D eigenvalue weighted by atomic mass is 10.2. The summed E-state index contributed by atoms with van der Waals surface area (Å²) in [5, 5.41) is 11.3. The number of amides is 1. The average molecular weight is 211 g/mol. The monoisotopic (exact) mass is 211 g/mol. The molecule has 1 N–H and O–H groups in total. The predicted octanol–water partition coefficient (Wildman–Crippen LogP) is -0.263. The number of nitrogens with zero attached hydrogens (tertiary/aromatic N) is 2. The van der Waals surface area contributed by atoms with Crippen molar-refractivity contribution in [2.45, 2.75) is 18.9 Å². The number of nitrogens with one attached hydrogen (secondary N) is 1. The summed E-state index contributed by atoms with van der Waals surface area (Å²) in [5.41, 5.74) is 0. The van der Waals surface area contributed by atoms with Gasteiger partial charge < -0.3 is 10.1 Å². The van der Waals surface area contributed by atoms with E-state index in [1.54, 1.807) is 7.05 Å². The van der Waals surface area contributed by atoms with E-state index in [0.717, 1.165) is 19.5 Å². The van der Waals surface area contributed by atoms with Gasteiger partial charge in [0.2, 0.25) is 5.91 Å². The first-order valence-corrected chi connectivity index (χ1v) is 5.20. The quantitative estimate of drug-likeness (QED) is 0.695. The Morgan fingerprint density at radius 2 is 2.53 bits per heavy atom. The van der Waals surface area contributed by atoms with Crippen molar-refractivity contribution < 1.29 is 9.53 Å². The smallest absolute Gasteiger partial charge is 0.219 e. The number of morpholine rings is 1. The van der Waals surface area contributed by atoms with Gasteiger partial charge in [-0.3, -0.25) is 9.69 Å². The lowest BCUT2D eigenvalue weighted by molar-refractivity contribution is -0.120. The lowest BCUT2D eigenvalue weighted by Crippen LogP contribution is -2.42. The van der Waals surface area contributed by atoms with Gasteiger partial charge in [0.25, 0.3) is 0 Å². The summed E-state index contributed by atoms with van der Waals surface area (Å²) in [5.74, 6) is 0.0695. The molecule has 1 unspecified atom stereocenters. The van der Waals surface area contributed by atoms with Gasteiger partial charge >= 0.3 is 0 Å². The van der Waals surface area contributed by atoms with Crippen LogP contribution in [-0.2, 0) is 9.53 Å². The number of ether oxygens (including phenoxy) is 1. The van der Waals surface area contributed by atoms with Gasteiger partial charge in [-0.1, -0.05) is 0 Å². The fraction of sp³-hybridized carbons (Fsp3) is 0.800. The van der Waals surface area contributed by atoms with Crippen molar-refractivity contribution in [2.24, 2.45) is 0 Å². The van der Waals surface area contributed by atoms with Crippen LogP contribution in [0.2, 0.25) is 0 Å². The highest BCUT2D eigenvalue weighted by atomic mass is 16.5. The van der Waals surface area contributed by atoms with E-state index in [1.807, 2.05) is 0 Å². The van der Waals surface area contributed by atoms with Crippen LogP contribution in [0.5, 0.6) is 0 Å². The first-order chi connectivity index (χ1) is 7.26. The molecule has 0 radical (unpaired) electrons. The highest BCUT2D eigenvalue weighted by molar-refractivity contribution is 5.75. The first-order valence-electron chi connectivity index (χ1n) is 5.20. The Morgan fingerprint density at radius 1 is 1.73 bits per heavy atom. The Hall–Kier alpha value is -1.12. The van der Waals surface area contributed by atoms with Gasteiger partial charge in [-0.2, -0.15) is 5.26 Å². The molecule has 1 aliphatic heterocycles. The van der Waals surface area contributed by atoms with Crippen LogP contribution >= 0.6 is 0 Å². The molecule has 84 valence electrons. The third-order valence-electron chi connectivity index (χ3n) is 2.45. The number of rotatable bonds is 4. The Bertz CT molecular complexity index is 250. The molecule has 1 atom stereocenters. The molecular formula is C10H17N3O2. The minimum atomic E-state index is -0.307. The third kappa shape index (κ3) is 4.28. The molecule has 1 saturated heterocycles. The SMILES string of the molecule is CNC(=O)CCCN1CCOC(C#N)C1. The molecule has 0 aromatic carbocycles. The number of hydrogen-bond donors (Lipinski definition) is 1. The molecule has 0 bridgehead atoms. The van der Waals surface area contributed by atoms with Crippen LogP contribution in [0.1, 0.15) is 12.8 Å². The molecule has 1 heterocycles. The summed E-state index contributed by atoms with van der Waals surface area (Å²) < 4.78 is 5.22. The van der Waals surface area contributed by atoms with Crippen molar-refractivity contribution in [1.29, 1.82) is 5.26 Å². The van der Waals surface area contributed by atoms with Crippen LogP contribution in [0, 0.1) is 11.3 Å². The molecule has 5 nitrogen and oxygen atoms in total. The molecular weight excluding hydrogens is 194 g/mol. The van der Waals surface area contributed by atoms with E-state index in [1.165, 1.54) is 0 Å². The first kappa shape index (κ1) is 12.0. The van der Waals surface area contributed by atoms with E-state index >= 15 is 0 Å². The summed E-state index contributed by atoms with van der Waals surface area (Å²) >= 11 is 0. The molecule has 1 amide bonds. The second kappa shape index (κ2) is 6.38. The fourth-order valence-corrected chi connectivity index (χ4v) is 1.57. The molecule has 15 heavy (non-hydrogen) atoms. The van der Waals surface area contributed by atoms with Crippen molar-refractivity contribution in [3.8, 4) is 6.07 Å². The highest BCUT2D eigenvalue weighted by Gasteiger charge is 2.19. The van der Waals surface area contributed by atoms with Crippen LogP contribution in [0.4, 0.5) is 0 Å².